The van der Waals surface area contributed by atoms with Gasteiger partial charge in [-0.3, -0.25) is 4.79 Å². The molecule has 0 amide bonds. The Balaban J connectivity index is 1.55. The number of hydrogen-bond donors (Lipinski definition) is 3. The van der Waals surface area contributed by atoms with E-state index in [4.69, 9.17) is 14.2 Å². The third-order valence-electron chi connectivity index (χ3n) is 7.31. The summed E-state index contributed by atoms with van der Waals surface area (Å²) in [5.74, 6) is -2.78. The van der Waals surface area contributed by atoms with Crippen LogP contribution in [0.2, 0.25) is 0 Å². The molecule has 42 heavy (non-hydrogen) atoms. The summed E-state index contributed by atoms with van der Waals surface area (Å²) in [7, 11) is 0. The smallest absolute Gasteiger partial charge is 0.349 e. The molecule has 5 rings (SSSR count). The molecule has 2 aromatic carbocycles. The second-order valence-electron chi connectivity index (χ2n) is 12.0. The van der Waals surface area contributed by atoms with E-state index in [0.717, 1.165) is 24.5 Å². The molecule has 1 saturated carbocycles. The van der Waals surface area contributed by atoms with E-state index in [1.54, 1.807) is 37.5 Å². The lowest BCUT2D eigenvalue weighted by atomic mass is 9.98. The number of aliphatic hydroxyl groups excluding tert-OH is 1. The first-order valence-electron chi connectivity index (χ1n) is 13.9. The average molecular weight is 583 g/mol. The topological polar surface area (TPSA) is 136 Å². The molecule has 3 N–H and O–H groups in total. The normalized spacial score (nSPS) is 21.2. The molecule has 0 bridgehead atoms. The van der Waals surface area contributed by atoms with E-state index >= 15 is 4.39 Å². The Kier molecular flexibility index (Phi) is 8.10. The number of pyridine rings is 1. The maximum absolute atomic E-state index is 15.6. The van der Waals surface area contributed by atoms with E-state index in [2.05, 4.69) is 5.32 Å². The highest BCUT2D eigenvalue weighted by atomic mass is 19.1. The number of nitrogens with one attached hydrogen (secondary N) is 1. The molecule has 3 unspecified atom stereocenters. The van der Waals surface area contributed by atoms with Crippen LogP contribution in [-0.2, 0) is 20.9 Å². The van der Waals surface area contributed by atoms with Gasteiger partial charge in [0, 0.05) is 18.8 Å². The second kappa shape index (κ2) is 11.5. The first kappa shape index (κ1) is 29.7. The molecular weight excluding hydrogens is 547 g/mol. The standard InChI is InChI=1S/C31H35FN2O8/c1-30(2,3)42-29(38)27(23-13-31(39,17-35)16-33-23)41-26-22(32)12-11-20-24(26)34(19-9-10-19)14-21(25(20)36)28(37)40-15-18-7-5-4-6-8-18/h4-8,11-12,14,19,23,27,33,35,39H,9-10,13,15-17H2,1-3H3. The third-order valence-corrected chi connectivity index (χ3v) is 7.31. The van der Waals surface area contributed by atoms with Gasteiger partial charge in [0.05, 0.1) is 23.6 Å². The zero-order valence-electron chi connectivity index (χ0n) is 23.8. The number of β-amino-alcohol motifs (C(OH)–C–C–N with tert-alkyl or cyclic N) is 1. The molecular formula is C31H35FN2O8. The van der Waals surface area contributed by atoms with Crippen molar-refractivity contribution in [3.05, 3.63) is 75.8 Å². The van der Waals surface area contributed by atoms with Gasteiger partial charge in [0.1, 0.15) is 23.4 Å². The van der Waals surface area contributed by atoms with E-state index in [1.807, 2.05) is 18.2 Å². The number of carbonyl (C=O) groups is 2. The van der Waals surface area contributed by atoms with Gasteiger partial charge in [-0.05, 0) is 57.7 Å². The first-order valence-corrected chi connectivity index (χ1v) is 13.9. The van der Waals surface area contributed by atoms with Gasteiger partial charge in [-0.1, -0.05) is 30.3 Å². The van der Waals surface area contributed by atoms with Crippen LogP contribution in [-0.4, -0.2) is 63.2 Å². The van der Waals surface area contributed by atoms with Crippen molar-refractivity contribution in [3.8, 4) is 5.75 Å². The minimum atomic E-state index is -1.50. The summed E-state index contributed by atoms with van der Waals surface area (Å²) in [5.41, 5.74) is -2.40. The van der Waals surface area contributed by atoms with Crippen molar-refractivity contribution < 1.29 is 38.4 Å². The monoisotopic (exact) mass is 582 g/mol. The number of nitrogens with zero attached hydrogens (tertiary/aromatic N) is 1. The maximum Gasteiger partial charge on any atom is 0.349 e. The van der Waals surface area contributed by atoms with Gasteiger partial charge in [-0.15, -0.1) is 0 Å². The fourth-order valence-corrected chi connectivity index (χ4v) is 5.08. The molecule has 2 aliphatic rings. The van der Waals surface area contributed by atoms with Gasteiger partial charge in [-0.25, -0.2) is 14.0 Å². The van der Waals surface area contributed by atoms with Crippen LogP contribution in [0.4, 0.5) is 4.39 Å². The van der Waals surface area contributed by atoms with Gasteiger partial charge in [0.15, 0.2) is 11.6 Å². The van der Waals surface area contributed by atoms with Crippen LogP contribution in [0.5, 0.6) is 5.75 Å². The van der Waals surface area contributed by atoms with Crippen molar-refractivity contribution in [1.82, 2.24) is 9.88 Å². The van der Waals surface area contributed by atoms with E-state index in [-0.39, 0.29) is 47.8 Å². The highest BCUT2D eigenvalue weighted by Crippen LogP contribution is 2.41. The van der Waals surface area contributed by atoms with Gasteiger partial charge in [-0.2, -0.15) is 0 Å². The Labute approximate surface area is 242 Å². The number of benzene rings is 2. The lowest BCUT2D eigenvalue weighted by Gasteiger charge is -2.29. The van der Waals surface area contributed by atoms with Gasteiger partial charge in [0.25, 0.3) is 0 Å². The second-order valence-corrected chi connectivity index (χ2v) is 12.0. The molecule has 0 spiro atoms. The third kappa shape index (κ3) is 6.33. The van der Waals surface area contributed by atoms with Gasteiger partial charge >= 0.3 is 11.9 Å². The molecule has 10 nitrogen and oxygen atoms in total. The molecule has 2 heterocycles. The lowest BCUT2D eigenvalue weighted by molar-refractivity contribution is -0.165. The quantitative estimate of drug-likeness (QED) is 0.325. The number of halogens is 1. The predicted octanol–water partition coefficient (Wildman–Crippen LogP) is 3.01. The summed E-state index contributed by atoms with van der Waals surface area (Å²) >= 11 is 0. The highest BCUT2D eigenvalue weighted by Gasteiger charge is 2.45. The summed E-state index contributed by atoms with van der Waals surface area (Å²) < 4.78 is 34.3. The van der Waals surface area contributed by atoms with Crippen LogP contribution >= 0.6 is 0 Å². The van der Waals surface area contributed by atoms with E-state index in [9.17, 15) is 24.6 Å². The average Bonchev–Trinajstić information content (AvgIpc) is 3.72. The largest absolute Gasteiger partial charge is 0.472 e. The molecule has 224 valence electrons. The molecule has 3 aromatic rings. The molecule has 0 radical (unpaired) electrons. The summed E-state index contributed by atoms with van der Waals surface area (Å²) in [5, 5.41) is 23.3. The van der Waals surface area contributed by atoms with Crippen LogP contribution in [0.1, 0.15) is 62.0 Å². The van der Waals surface area contributed by atoms with Crippen molar-refractivity contribution in [1.29, 1.82) is 0 Å². The van der Waals surface area contributed by atoms with Gasteiger partial charge in [0.2, 0.25) is 11.5 Å². The van der Waals surface area contributed by atoms with Crippen molar-refractivity contribution in [2.75, 3.05) is 13.2 Å². The van der Waals surface area contributed by atoms with Gasteiger partial charge < -0.3 is 34.3 Å². The number of rotatable bonds is 9. The van der Waals surface area contributed by atoms with Crippen LogP contribution < -0.4 is 15.5 Å². The maximum atomic E-state index is 15.6. The lowest BCUT2D eigenvalue weighted by Crippen LogP contribution is -2.47. The Bertz CT molecular complexity index is 1550. The SMILES string of the molecule is CC(C)(C)OC(=O)C(Oc1c(F)ccc2c(=O)c(C(=O)OCc3ccccc3)cn(C3CC3)c12)C1CC(O)(CO)CN1. The van der Waals surface area contributed by atoms with Crippen LogP contribution in [0.15, 0.2) is 53.5 Å². The van der Waals surface area contributed by atoms with Crippen LogP contribution in [0.25, 0.3) is 10.9 Å². The highest BCUT2D eigenvalue weighted by molar-refractivity contribution is 5.95. The predicted molar refractivity (Wildman–Crippen MR) is 151 cm³/mol. The van der Waals surface area contributed by atoms with E-state index < -0.39 is 53.1 Å². The molecule has 1 aliphatic carbocycles. The Hall–Kier alpha value is -3.80. The minimum Gasteiger partial charge on any atom is -0.472 e. The fraction of sp³-hybridized carbons (Fsp3) is 0.452. The Morgan fingerprint density at radius 2 is 1.88 bits per heavy atom. The van der Waals surface area contributed by atoms with Crippen LogP contribution in [0, 0.1) is 5.82 Å². The summed E-state index contributed by atoms with van der Waals surface area (Å²) in [6.45, 7) is 4.44. The number of aromatic nitrogens is 1. The summed E-state index contributed by atoms with van der Waals surface area (Å²) in [6.07, 6.45) is 1.34. The number of hydrogen-bond acceptors (Lipinski definition) is 9. The molecule has 2 fully saturated rings. The summed E-state index contributed by atoms with van der Waals surface area (Å²) in [6, 6.07) is 10.4. The number of carbonyl (C=O) groups excluding carboxylic acids is 2. The molecule has 1 saturated heterocycles. The van der Waals surface area contributed by atoms with Crippen molar-refractivity contribution in [3.63, 3.8) is 0 Å². The van der Waals surface area contributed by atoms with E-state index in [1.165, 1.54) is 12.3 Å². The molecule has 11 heteroatoms. The zero-order valence-corrected chi connectivity index (χ0v) is 23.8. The van der Waals surface area contributed by atoms with E-state index in [0.29, 0.717) is 0 Å². The Morgan fingerprint density at radius 3 is 2.50 bits per heavy atom. The fourth-order valence-electron chi connectivity index (χ4n) is 5.08. The number of esters is 2. The Morgan fingerprint density at radius 1 is 1.17 bits per heavy atom. The van der Waals surface area contributed by atoms with Crippen molar-refractivity contribution in [2.45, 2.75) is 76.0 Å². The first-order chi connectivity index (χ1) is 19.9. The number of aliphatic hydroxyl groups is 2. The molecule has 1 aromatic heterocycles. The summed E-state index contributed by atoms with van der Waals surface area (Å²) in [4.78, 5) is 40.0. The zero-order chi connectivity index (χ0) is 30.2. The minimum absolute atomic E-state index is 0.0178. The number of ether oxygens (including phenoxy) is 3. The van der Waals surface area contributed by atoms with Crippen molar-refractivity contribution in [2.24, 2.45) is 0 Å². The molecule has 3 atom stereocenters. The molecule has 1 aliphatic heterocycles. The van der Waals surface area contributed by atoms with Crippen molar-refractivity contribution >= 4 is 22.8 Å². The van der Waals surface area contributed by atoms with Crippen LogP contribution in [0.3, 0.4) is 0 Å². The number of fused-ring (bicyclic) bond motifs is 1.